The Labute approximate surface area is 83.7 Å². The molecule has 0 rings (SSSR count). The van der Waals surface area contributed by atoms with E-state index in [1.165, 1.54) is 11.1 Å². The molecule has 0 aromatic carbocycles. The number of nitrogens with two attached hydrogens (primary N) is 1. The summed E-state index contributed by atoms with van der Waals surface area (Å²) in [6.07, 6.45) is 0. The van der Waals surface area contributed by atoms with E-state index in [1.54, 1.807) is 0 Å². The molecule has 13 heavy (non-hydrogen) atoms. The molecule has 0 saturated heterocycles. The average molecular weight is 183 g/mol. The van der Waals surface area contributed by atoms with Gasteiger partial charge in [-0.1, -0.05) is 26.0 Å². The van der Waals surface area contributed by atoms with E-state index in [9.17, 15) is 0 Å². The molecule has 2 N–H and O–H groups in total. The van der Waals surface area contributed by atoms with Crippen LogP contribution in [0.5, 0.6) is 0 Å². The highest BCUT2D eigenvalue weighted by atomic mass is 14.7. The van der Waals surface area contributed by atoms with Gasteiger partial charge < -0.3 is 5.73 Å². The number of rotatable bonds is 2. The summed E-state index contributed by atoms with van der Waals surface area (Å²) in [6, 6.07) is 0. The quantitative estimate of drug-likeness (QED) is 0.650. The van der Waals surface area contributed by atoms with Gasteiger partial charge in [-0.05, 0) is 45.8 Å². The highest BCUT2D eigenvalue weighted by molar-refractivity contribution is 5.36. The fourth-order valence-corrected chi connectivity index (χ4v) is 0.785. The van der Waals surface area contributed by atoms with Crippen LogP contribution in [0.4, 0.5) is 0 Å². The maximum absolute atomic E-state index is 5.88. The van der Waals surface area contributed by atoms with Crippen molar-refractivity contribution in [3.63, 3.8) is 0 Å². The molecular weight excluding hydrogens is 158 g/mol. The van der Waals surface area contributed by atoms with Crippen LogP contribution in [0.15, 0.2) is 23.3 Å². The summed E-state index contributed by atoms with van der Waals surface area (Å²) in [5, 5.41) is 0. The van der Waals surface area contributed by atoms with Crippen LogP contribution in [-0.4, -0.2) is 5.54 Å². The lowest BCUT2D eigenvalue weighted by Crippen LogP contribution is -2.34. The molecule has 0 radical (unpaired) electrons. The summed E-state index contributed by atoms with van der Waals surface area (Å²) < 4.78 is 0. The highest BCUT2D eigenvalue weighted by Crippen LogP contribution is 2.21. The summed E-state index contributed by atoms with van der Waals surface area (Å²) in [7, 11) is 0. The molecule has 0 aliphatic carbocycles. The van der Waals surface area contributed by atoms with E-state index in [2.05, 4.69) is 27.4 Å². The Bertz CT molecular complexity index is 188. The molecule has 0 aliphatic rings. The third-order valence-corrected chi connectivity index (χ3v) is 1.98. The van der Waals surface area contributed by atoms with Gasteiger partial charge in [0.15, 0.2) is 0 Å². The molecule has 0 aromatic rings. The van der Waals surface area contributed by atoms with Crippen LogP contribution < -0.4 is 5.73 Å². The number of hydrogen-bond acceptors (Lipinski definition) is 1. The number of allylic oxidation sites excluding steroid dienone is 1. The topological polar surface area (TPSA) is 26.0 Å². The van der Waals surface area contributed by atoms with Crippen molar-refractivity contribution in [3.05, 3.63) is 23.3 Å². The average Bonchev–Trinajstić information content (AvgIpc) is 2.03. The molecule has 0 fully saturated rings. The maximum Gasteiger partial charge on any atom is 0.0349 e. The van der Waals surface area contributed by atoms with Gasteiger partial charge in [-0.3, -0.25) is 0 Å². The Balaban J connectivity index is 0. The lowest BCUT2D eigenvalue weighted by Gasteiger charge is -2.23. The van der Waals surface area contributed by atoms with Gasteiger partial charge in [-0.2, -0.15) is 0 Å². The smallest absolute Gasteiger partial charge is 0.0349 e. The van der Waals surface area contributed by atoms with Crippen molar-refractivity contribution in [2.24, 2.45) is 5.73 Å². The summed E-state index contributed by atoms with van der Waals surface area (Å²) in [5.41, 5.74) is 9.12. The SMILES string of the molecule is C=C(C(C)=C(C)C)C(C)(C)N.CC. The van der Waals surface area contributed by atoms with E-state index in [0.29, 0.717) is 0 Å². The van der Waals surface area contributed by atoms with Crippen LogP contribution >= 0.6 is 0 Å². The second kappa shape index (κ2) is 5.98. The first-order valence-corrected chi connectivity index (χ1v) is 4.89. The van der Waals surface area contributed by atoms with Crippen LogP contribution in [0.1, 0.15) is 48.5 Å². The Morgan fingerprint density at radius 1 is 1.08 bits per heavy atom. The maximum atomic E-state index is 5.88. The molecule has 0 bridgehead atoms. The van der Waals surface area contributed by atoms with E-state index in [4.69, 9.17) is 5.73 Å². The Hall–Kier alpha value is -0.560. The van der Waals surface area contributed by atoms with E-state index in [-0.39, 0.29) is 5.54 Å². The van der Waals surface area contributed by atoms with Gasteiger partial charge in [0.05, 0.1) is 0 Å². The van der Waals surface area contributed by atoms with Crippen molar-refractivity contribution in [1.82, 2.24) is 0 Å². The molecule has 0 heterocycles. The Morgan fingerprint density at radius 3 is 1.46 bits per heavy atom. The molecule has 1 heteroatoms. The summed E-state index contributed by atoms with van der Waals surface area (Å²) in [4.78, 5) is 0. The molecule has 0 atom stereocenters. The normalized spacial score (nSPS) is 9.85. The standard InChI is InChI=1S/C10H19N.C2H6/c1-7(2)8(3)9(4)10(5,6)11;1-2/h4,11H2,1-3,5-6H3;1-2H3. The van der Waals surface area contributed by atoms with Gasteiger partial charge in [-0.15, -0.1) is 0 Å². The van der Waals surface area contributed by atoms with E-state index >= 15 is 0 Å². The van der Waals surface area contributed by atoms with Crippen LogP contribution in [0.3, 0.4) is 0 Å². The van der Waals surface area contributed by atoms with Crippen LogP contribution in [0.2, 0.25) is 0 Å². The van der Waals surface area contributed by atoms with Crippen LogP contribution in [-0.2, 0) is 0 Å². The molecule has 0 spiro atoms. The molecule has 78 valence electrons. The van der Waals surface area contributed by atoms with Gasteiger partial charge in [0.1, 0.15) is 0 Å². The third kappa shape index (κ3) is 5.64. The fourth-order valence-electron chi connectivity index (χ4n) is 0.785. The van der Waals surface area contributed by atoms with E-state index < -0.39 is 0 Å². The monoisotopic (exact) mass is 183 g/mol. The minimum atomic E-state index is -0.290. The fraction of sp³-hybridized carbons (Fsp3) is 0.667. The van der Waals surface area contributed by atoms with Gasteiger partial charge in [0.2, 0.25) is 0 Å². The molecule has 0 unspecified atom stereocenters. The summed E-state index contributed by atoms with van der Waals surface area (Å²) in [6.45, 7) is 18.1. The van der Waals surface area contributed by atoms with Crippen molar-refractivity contribution in [2.45, 2.75) is 54.0 Å². The zero-order valence-corrected chi connectivity index (χ0v) is 10.3. The van der Waals surface area contributed by atoms with Gasteiger partial charge in [-0.25, -0.2) is 0 Å². The number of hydrogen-bond donors (Lipinski definition) is 1. The molecule has 0 aliphatic heterocycles. The second-order valence-corrected chi connectivity index (χ2v) is 3.83. The first-order valence-electron chi connectivity index (χ1n) is 4.89. The highest BCUT2D eigenvalue weighted by Gasteiger charge is 2.16. The van der Waals surface area contributed by atoms with Crippen molar-refractivity contribution < 1.29 is 0 Å². The largest absolute Gasteiger partial charge is 0.322 e. The predicted molar refractivity (Wildman–Crippen MR) is 62.8 cm³/mol. The third-order valence-electron chi connectivity index (χ3n) is 1.98. The molecular formula is C12H25N. The van der Waals surface area contributed by atoms with Crippen LogP contribution in [0, 0.1) is 0 Å². The van der Waals surface area contributed by atoms with Gasteiger partial charge in [0, 0.05) is 5.54 Å². The summed E-state index contributed by atoms with van der Waals surface area (Å²) >= 11 is 0. The first-order chi connectivity index (χ1) is 5.76. The first kappa shape index (κ1) is 14.9. The Kier molecular flexibility index (Phi) is 6.87. The predicted octanol–water partition coefficient (Wildman–Crippen LogP) is 3.66. The Morgan fingerprint density at radius 2 is 1.38 bits per heavy atom. The minimum absolute atomic E-state index is 0.290. The van der Waals surface area contributed by atoms with Crippen molar-refractivity contribution in [1.29, 1.82) is 0 Å². The van der Waals surface area contributed by atoms with E-state index in [1.807, 2.05) is 27.7 Å². The molecule has 1 nitrogen and oxygen atoms in total. The van der Waals surface area contributed by atoms with E-state index in [0.717, 1.165) is 5.57 Å². The molecule has 0 aromatic heterocycles. The van der Waals surface area contributed by atoms with Gasteiger partial charge >= 0.3 is 0 Å². The summed E-state index contributed by atoms with van der Waals surface area (Å²) in [5.74, 6) is 0. The van der Waals surface area contributed by atoms with Crippen molar-refractivity contribution in [2.75, 3.05) is 0 Å². The van der Waals surface area contributed by atoms with Gasteiger partial charge in [0.25, 0.3) is 0 Å². The van der Waals surface area contributed by atoms with Crippen LogP contribution in [0.25, 0.3) is 0 Å². The second-order valence-electron chi connectivity index (χ2n) is 3.83. The molecule has 0 saturated carbocycles. The lowest BCUT2D eigenvalue weighted by molar-refractivity contribution is 0.619. The zero-order chi connectivity index (χ0) is 11.2. The zero-order valence-electron chi connectivity index (χ0n) is 10.3. The van der Waals surface area contributed by atoms with Crippen molar-refractivity contribution >= 4 is 0 Å². The molecule has 0 amide bonds. The minimum Gasteiger partial charge on any atom is -0.322 e. The van der Waals surface area contributed by atoms with Crippen molar-refractivity contribution in [3.8, 4) is 0 Å². The lowest BCUT2D eigenvalue weighted by atomic mass is 9.89.